The van der Waals surface area contributed by atoms with Gasteiger partial charge in [-0.05, 0) is 19.3 Å². The summed E-state index contributed by atoms with van der Waals surface area (Å²) in [4.78, 5) is 59.1. The number of nitrogens with zero attached hydrogens (tertiary/aromatic N) is 1. The van der Waals surface area contributed by atoms with Crippen LogP contribution in [-0.4, -0.2) is 71.3 Å². The number of carboxylic acid groups (broad SMARTS) is 1. The summed E-state index contributed by atoms with van der Waals surface area (Å²) in [6.45, 7) is -0.592. The maximum Gasteiger partial charge on any atom is 0.322 e. The van der Waals surface area contributed by atoms with Crippen molar-refractivity contribution in [3.8, 4) is 0 Å². The van der Waals surface area contributed by atoms with E-state index in [1.807, 2.05) is 0 Å². The smallest absolute Gasteiger partial charge is 0.322 e. The lowest BCUT2D eigenvalue weighted by atomic mass is 10.1. The predicted octanol–water partition coefficient (Wildman–Crippen LogP) is -3.11. The number of nitrogens with one attached hydrogen (secondary N) is 2. The molecule has 4 amide bonds. The number of hydrogen-bond donors (Lipinski definition) is 5. The summed E-state index contributed by atoms with van der Waals surface area (Å²) in [6, 6.07) is -1.85. The second-order valence-electron chi connectivity index (χ2n) is 5.63. The number of primary amides is 1. The number of rotatable bonds is 9. The van der Waals surface area contributed by atoms with E-state index >= 15 is 0 Å². The zero-order valence-corrected chi connectivity index (χ0v) is 13.7. The molecule has 1 saturated heterocycles. The Bertz CT molecular complexity index is 552. The van der Waals surface area contributed by atoms with Crippen LogP contribution in [0.3, 0.4) is 0 Å². The maximum absolute atomic E-state index is 12.7. The molecule has 11 nitrogen and oxygen atoms in total. The van der Waals surface area contributed by atoms with E-state index in [0.29, 0.717) is 12.8 Å². The molecule has 1 heterocycles. The second kappa shape index (κ2) is 9.57. The van der Waals surface area contributed by atoms with Crippen molar-refractivity contribution in [3.05, 3.63) is 0 Å². The quantitative estimate of drug-likeness (QED) is 0.289. The molecule has 1 rings (SSSR count). The first-order chi connectivity index (χ1) is 11.8. The Kier molecular flexibility index (Phi) is 7.79. The van der Waals surface area contributed by atoms with Crippen molar-refractivity contribution in [1.82, 2.24) is 15.5 Å². The molecule has 0 aromatic carbocycles. The second-order valence-corrected chi connectivity index (χ2v) is 5.63. The number of carbonyl (C=O) groups excluding carboxylic acids is 4. The zero-order chi connectivity index (χ0) is 19.0. The summed E-state index contributed by atoms with van der Waals surface area (Å²) in [6.07, 6.45) is 0.805. The molecule has 1 aliphatic rings. The number of amides is 4. The van der Waals surface area contributed by atoms with Crippen LogP contribution in [0.5, 0.6) is 0 Å². The fourth-order valence-electron chi connectivity index (χ4n) is 2.58. The SMILES string of the molecule is NCC(=O)NC(CCC(N)=O)C(=O)N1CCCC1C(=O)NCC(=O)O. The number of aliphatic carboxylic acids is 1. The van der Waals surface area contributed by atoms with E-state index in [1.54, 1.807) is 0 Å². The van der Waals surface area contributed by atoms with Gasteiger partial charge in [0.05, 0.1) is 6.54 Å². The van der Waals surface area contributed by atoms with Crippen LogP contribution in [0.4, 0.5) is 0 Å². The summed E-state index contributed by atoms with van der Waals surface area (Å²) in [5.41, 5.74) is 10.3. The Morgan fingerprint density at radius 3 is 2.48 bits per heavy atom. The zero-order valence-electron chi connectivity index (χ0n) is 13.7. The van der Waals surface area contributed by atoms with Crippen LogP contribution >= 0.6 is 0 Å². The van der Waals surface area contributed by atoms with Crippen LogP contribution in [0.2, 0.25) is 0 Å². The van der Waals surface area contributed by atoms with E-state index in [1.165, 1.54) is 4.90 Å². The molecule has 11 heteroatoms. The number of nitrogens with two attached hydrogens (primary N) is 2. The first-order valence-corrected chi connectivity index (χ1v) is 7.84. The molecule has 0 aromatic heterocycles. The van der Waals surface area contributed by atoms with Crippen molar-refractivity contribution in [2.75, 3.05) is 19.6 Å². The van der Waals surface area contributed by atoms with Gasteiger partial charge in [0.25, 0.3) is 0 Å². The molecule has 0 aliphatic carbocycles. The van der Waals surface area contributed by atoms with Crippen LogP contribution in [0.25, 0.3) is 0 Å². The summed E-state index contributed by atoms with van der Waals surface area (Å²) in [5, 5.41) is 13.3. The third-order valence-electron chi connectivity index (χ3n) is 3.75. The van der Waals surface area contributed by atoms with Crippen molar-refractivity contribution in [2.45, 2.75) is 37.8 Å². The van der Waals surface area contributed by atoms with Gasteiger partial charge >= 0.3 is 5.97 Å². The van der Waals surface area contributed by atoms with Crippen molar-refractivity contribution in [3.63, 3.8) is 0 Å². The molecule has 0 saturated carbocycles. The average molecular weight is 357 g/mol. The highest BCUT2D eigenvalue weighted by atomic mass is 16.4. The van der Waals surface area contributed by atoms with Gasteiger partial charge in [-0.2, -0.15) is 0 Å². The van der Waals surface area contributed by atoms with Crippen LogP contribution in [0.1, 0.15) is 25.7 Å². The van der Waals surface area contributed by atoms with E-state index in [-0.39, 0.29) is 25.9 Å². The standard InChI is InChI=1S/C14H23N5O6/c15-6-11(21)18-8(3-4-10(16)20)14(25)19-5-1-2-9(19)13(24)17-7-12(22)23/h8-9H,1-7,15H2,(H2,16,20)(H,17,24)(H,18,21)(H,22,23). The summed E-state index contributed by atoms with van der Waals surface area (Å²) in [5.74, 6) is -3.51. The average Bonchev–Trinajstić information content (AvgIpc) is 3.04. The molecule has 0 aromatic rings. The van der Waals surface area contributed by atoms with E-state index < -0.39 is 48.2 Å². The van der Waals surface area contributed by atoms with Crippen LogP contribution in [0, 0.1) is 0 Å². The number of hydrogen-bond acceptors (Lipinski definition) is 6. The van der Waals surface area contributed by atoms with Crippen LogP contribution in [-0.2, 0) is 24.0 Å². The third-order valence-corrected chi connectivity index (χ3v) is 3.75. The molecule has 2 unspecified atom stereocenters. The lowest BCUT2D eigenvalue weighted by Crippen LogP contribution is -2.54. The van der Waals surface area contributed by atoms with Gasteiger partial charge in [0.1, 0.15) is 18.6 Å². The Labute approximate surface area is 144 Å². The van der Waals surface area contributed by atoms with Crippen molar-refractivity contribution < 1.29 is 29.1 Å². The van der Waals surface area contributed by atoms with E-state index in [2.05, 4.69) is 10.6 Å². The summed E-state index contributed by atoms with van der Waals surface area (Å²) < 4.78 is 0. The topological polar surface area (TPSA) is 185 Å². The molecular formula is C14H23N5O6. The first kappa shape index (κ1) is 20.4. The Morgan fingerprint density at radius 2 is 1.92 bits per heavy atom. The third kappa shape index (κ3) is 6.37. The molecule has 0 bridgehead atoms. The predicted molar refractivity (Wildman–Crippen MR) is 84.8 cm³/mol. The highest BCUT2D eigenvalue weighted by Gasteiger charge is 2.37. The lowest BCUT2D eigenvalue weighted by Gasteiger charge is -2.28. The number of likely N-dealkylation sites (tertiary alicyclic amines) is 1. The molecule has 0 radical (unpaired) electrons. The minimum absolute atomic E-state index is 0.0140. The molecular weight excluding hydrogens is 334 g/mol. The monoisotopic (exact) mass is 357 g/mol. The Hall–Kier alpha value is -2.69. The first-order valence-electron chi connectivity index (χ1n) is 7.84. The highest BCUT2D eigenvalue weighted by molar-refractivity contribution is 5.93. The maximum atomic E-state index is 12.7. The van der Waals surface area contributed by atoms with Crippen molar-refractivity contribution in [1.29, 1.82) is 0 Å². The van der Waals surface area contributed by atoms with Crippen molar-refractivity contribution >= 4 is 29.6 Å². The number of carbonyl (C=O) groups is 5. The minimum Gasteiger partial charge on any atom is -0.480 e. The molecule has 1 fully saturated rings. The van der Waals surface area contributed by atoms with E-state index in [0.717, 1.165) is 0 Å². The molecule has 0 spiro atoms. The molecule has 1 aliphatic heterocycles. The summed E-state index contributed by atoms with van der Waals surface area (Å²) >= 11 is 0. The Balaban J connectivity index is 2.81. The lowest BCUT2D eigenvalue weighted by molar-refractivity contribution is -0.142. The molecule has 25 heavy (non-hydrogen) atoms. The normalized spacial score (nSPS) is 17.6. The van der Waals surface area contributed by atoms with Gasteiger partial charge < -0.3 is 32.1 Å². The van der Waals surface area contributed by atoms with Gasteiger partial charge in [0.15, 0.2) is 0 Å². The van der Waals surface area contributed by atoms with Crippen LogP contribution < -0.4 is 22.1 Å². The van der Waals surface area contributed by atoms with E-state index in [9.17, 15) is 24.0 Å². The van der Waals surface area contributed by atoms with Crippen LogP contribution in [0.15, 0.2) is 0 Å². The molecule has 7 N–H and O–H groups in total. The molecule has 140 valence electrons. The fraction of sp³-hybridized carbons (Fsp3) is 0.643. The minimum atomic E-state index is -1.20. The summed E-state index contributed by atoms with van der Waals surface area (Å²) in [7, 11) is 0. The van der Waals surface area contributed by atoms with Gasteiger partial charge in [-0.1, -0.05) is 0 Å². The van der Waals surface area contributed by atoms with Gasteiger partial charge in [0.2, 0.25) is 23.6 Å². The van der Waals surface area contributed by atoms with Crippen molar-refractivity contribution in [2.24, 2.45) is 11.5 Å². The van der Waals surface area contributed by atoms with Gasteiger partial charge in [-0.25, -0.2) is 0 Å². The molecule has 2 atom stereocenters. The van der Waals surface area contributed by atoms with E-state index in [4.69, 9.17) is 16.6 Å². The van der Waals surface area contributed by atoms with Gasteiger partial charge in [-0.15, -0.1) is 0 Å². The fourth-order valence-corrected chi connectivity index (χ4v) is 2.58. The Morgan fingerprint density at radius 1 is 1.24 bits per heavy atom. The highest BCUT2D eigenvalue weighted by Crippen LogP contribution is 2.19. The number of carboxylic acids is 1. The largest absolute Gasteiger partial charge is 0.480 e. The van der Waals surface area contributed by atoms with Gasteiger partial charge in [-0.3, -0.25) is 24.0 Å². The van der Waals surface area contributed by atoms with Gasteiger partial charge in [0, 0.05) is 13.0 Å².